The van der Waals surface area contributed by atoms with E-state index >= 15 is 0 Å². The molecule has 0 saturated heterocycles. The highest BCUT2D eigenvalue weighted by Gasteiger charge is 2.16. The summed E-state index contributed by atoms with van der Waals surface area (Å²) in [5, 5.41) is 8.87. The molecule has 0 aliphatic heterocycles. The molecule has 0 aliphatic rings. The Morgan fingerprint density at radius 3 is 2.79 bits per heavy atom. The Labute approximate surface area is 89.8 Å². The molecule has 0 saturated carbocycles. The fourth-order valence-electron chi connectivity index (χ4n) is 1.17. The van der Waals surface area contributed by atoms with Crippen LogP contribution in [0.25, 0.3) is 0 Å². The van der Waals surface area contributed by atoms with Gasteiger partial charge in [-0.3, -0.25) is 0 Å². The number of methoxy groups -OCH3 is 1. The number of aliphatic hydroxyl groups excluding tert-OH is 1. The zero-order valence-electron chi connectivity index (χ0n) is 7.63. The lowest BCUT2D eigenvalue weighted by atomic mass is 10.1. The summed E-state index contributed by atoms with van der Waals surface area (Å²) in [7, 11) is 1.36. The Kier molecular flexibility index (Phi) is 3.86. The predicted molar refractivity (Wildman–Crippen MR) is 54.7 cm³/mol. The summed E-state index contributed by atoms with van der Waals surface area (Å²) in [4.78, 5) is 0. The van der Waals surface area contributed by atoms with Crippen LogP contribution in [0.3, 0.4) is 0 Å². The molecule has 5 heteroatoms. The van der Waals surface area contributed by atoms with Crippen molar-refractivity contribution < 1.29 is 14.2 Å². The molecule has 0 aliphatic carbocycles. The SMILES string of the molecule is COc1c(F)cc(Br)cc1[C@H](N)CO. The number of hydrogen-bond acceptors (Lipinski definition) is 3. The van der Waals surface area contributed by atoms with Crippen LogP contribution in [0, 0.1) is 5.82 Å². The van der Waals surface area contributed by atoms with Gasteiger partial charge in [0.2, 0.25) is 0 Å². The number of rotatable bonds is 3. The normalized spacial score (nSPS) is 12.6. The van der Waals surface area contributed by atoms with Crippen LogP contribution in [0.4, 0.5) is 4.39 Å². The molecule has 0 radical (unpaired) electrons. The summed E-state index contributed by atoms with van der Waals surface area (Å²) in [6.45, 7) is -0.258. The second kappa shape index (κ2) is 4.72. The number of hydrogen-bond donors (Lipinski definition) is 2. The highest BCUT2D eigenvalue weighted by Crippen LogP contribution is 2.30. The summed E-state index contributed by atoms with van der Waals surface area (Å²) in [5.41, 5.74) is 6.04. The monoisotopic (exact) mass is 263 g/mol. The van der Waals surface area contributed by atoms with Crippen molar-refractivity contribution in [1.82, 2.24) is 0 Å². The Morgan fingerprint density at radius 2 is 2.29 bits per heavy atom. The van der Waals surface area contributed by atoms with E-state index in [1.807, 2.05) is 0 Å². The van der Waals surface area contributed by atoms with Crippen LogP contribution in [0.5, 0.6) is 5.75 Å². The summed E-state index contributed by atoms with van der Waals surface area (Å²) >= 11 is 3.14. The van der Waals surface area contributed by atoms with Gasteiger partial charge in [0.05, 0.1) is 19.8 Å². The van der Waals surface area contributed by atoms with E-state index in [0.29, 0.717) is 10.0 Å². The lowest BCUT2D eigenvalue weighted by Crippen LogP contribution is -2.16. The minimum absolute atomic E-state index is 0.0785. The van der Waals surface area contributed by atoms with Gasteiger partial charge in [0, 0.05) is 10.0 Å². The minimum atomic E-state index is -0.642. The van der Waals surface area contributed by atoms with Crippen molar-refractivity contribution in [3.8, 4) is 5.75 Å². The second-order valence-corrected chi connectivity index (χ2v) is 3.71. The fourth-order valence-corrected chi connectivity index (χ4v) is 1.62. The molecule has 3 N–H and O–H groups in total. The minimum Gasteiger partial charge on any atom is -0.493 e. The van der Waals surface area contributed by atoms with Gasteiger partial charge in [0.25, 0.3) is 0 Å². The molecule has 14 heavy (non-hydrogen) atoms. The van der Waals surface area contributed by atoms with Gasteiger partial charge in [-0.25, -0.2) is 4.39 Å². The van der Waals surface area contributed by atoms with Gasteiger partial charge < -0.3 is 15.6 Å². The van der Waals surface area contributed by atoms with Gasteiger partial charge in [-0.2, -0.15) is 0 Å². The maximum atomic E-state index is 13.3. The molecular weight excluding hydrogens is 253 g/mol. The van der Waals surface area contributed by atoms with Crippen molar-refractivity contribution in [2.24, 2.45) is 5.73 Å². The van der Waals surface area contributed by atoms with Gasteiger partial charge in [0.1, 0.15) is 0 Å². The third-order valence-electron chi connectivity index (χ3n) is 1.84. The van der Waals surface area contributed by atoms with Gasteiger partial charge in [-0.15, -0.1) is 0 Å². The van der Waals surface area contributed by atoms with Gasteiger partial charge in [-0.05, 0) is 12.1 Å². The average molecular weight is 264 g/mol. The Bertz CT molecular complexity index is 333. The van der Waals surface area contributed by atoms with Gasteiger partial charge in [-0.1, -0.05) is 15.9 Å². The first-order valence-corrected chi connectivity index (χ1v) is 4.78. The van der Waals surface area contributed by atoms with Crippen LogP contribution in [-0.2, 0) is 0 Å². The summed E-state index contributed by atoms with van der Waals surface area (Å²) in [5.74, 6) is -0.421. The van der Waals surface area contributed by atoms with Crippen LogP contribution in [-0.4, -0.2) is 18.8 Å². The molecule has 1 aromatic rings. The quantitative estimate of drug-likeness (QED) is 0.871. The van der Waals surface area contributed by atoms with E-state index in [-0.39, 0.29) is 12.4 Å². The van der Waals surface area contributed by atoms with E-state index in [4.69, 9.17) is 15.6 Å². The van der Waals surface area contributed by atoms with Crippen molar-refractivity contribution in [3.63, 3.8) is 0 Å². The van der Waals surface area contributed by atoms with E-state index in [9.17, 15) is 4.39 Å². The molecule has 0 amide bonds. The van der Waals surface area contributed by atoms with Crippen molar-refractivity contribution in [1.29, 1.82) is 0 Å². The lowest BCUT2D eigenvalue weighted by molar-refractivity contribution is 0.263. The lowest BCUT2D eigenvalue weighted by Gasteiger charge is -2.14. The fraction of sp³-hybridized carbons (Fsp3) is 0.333. The average Bonchev–Trinajstić information content (AvgIpc) is 2.15. The van der Waals surface area contributed by atoms with Gasteiger partial charge >= 0.3 is 0 Å². The topological polar surface area (TPSA) is 55.5 Å². The van der Waals surface area contributed by atoms with Crippen molar-refractivity contribution >= 4 is 15.9 Å². The third-order valence-corrected chi connectivity index (χ3v) is 2.30. The van der Waals surface area contributed by atoms with E-state index in [0.717, 1.165) is 0 Å². The van der Waals surface area contributed by atoms with Crippen molar-refractivity contribution in [2.75, 3.05) is 13.7 Å². The van der Waals surface area contributed by atoms with Crippen molar-refractivity contribution in [3.05, 3.63) is 28.0 Å². The largest absolute Gasteiger partial charge is 0.493 e. The highest BCUT2D eigenvalue weighted by atomic mass is 79.9. The van der Waals surface area contributed by atoms with Crippen LogP contribution < -0.4 is 10.5 Å². The molecule has 0 fully saturated rings. The van der Waals surface area contributed by atoms with E-state index < -0.39 is 11.9 Å². The maximum Gasteiger partial charge on any atom is 0.166 e. The summed E-state index contributed by atoms with van der Waals surface area (Å²) < 4.78 is 18.7. The Hall–Kier alpha value is -0.650. The Balaban J connectivity index is 3.24. The molecule has 1 atom stereocenters. The first kappa shape index (κ1) is 11.4. The predicted octanol–water partition coefficient (Wildman–Crippen LogP) is 1.59. The maximum absolute atomic E-state index is 13.3. The molecule has 3 nitrogen and oxygen atoms in total. The molecule has 0 heterocycles. The summed E-state index contributed by atoms with van der Waals surface area (Å²) in [6.07, 6.45) is 0. The zero-order chi connectivity index (χ0) is 10.7. The second-order valence-electron chi connectivity index (χ2n) is 2.80. The Morgan fingerprint density at radius 1 is 1.64 bits per heavy atom. The number of benzene rings is 1. The molecular formula is C9H11BrFNO2. The molecule has 78 valence electrons. The van der Waals surface area contributed by atoms with Gasteiger partial charge in [0.15, 0.2) is 11.6 Å². The number of nitrogens with two attached hydrogens (primary N) is 1. The number of aliphatic hydroxyl groups is 1. The van der Waals surface area contributed by atoms with E-state index in [2.05, 4.69) is 15.9 Å². The molecule has 0 spiro atoms. The van der Waals surface area contributed by atoms with E-state index in [1.165, 1.54) is 13.2 Å². The first-order chi connectivity index (χ1) is 6.60. The third kappa shape index (κ3) is 2.23. The smallest absolute Gasteiger partial charge is 0.166 e. The zero-order valence-corrected chi connectivity index (χ0v) is 9.21. The highest BCUT2D eigenvalue weighted by molar-refractivity contribution is 9.10. The van der Waals surface area contributed by atoms with Crippen LogP contribution in [0.2, 0.25) is 0 Å². The number of halogens is 2. The standard InChI is InChI=1S/C9H11BrFNO2/c1-14-9-6(8(12)4-13)2-5(10)3-7(9)11/h2-3,8,13H,4,12H2,1H3/t8-/m1/s1. The van der Waals surface area contributed by atoms with Crippen LogP contribution >= 0.6 is 15.9 Å². The summed E-state index contributed by atoms with van der Waals surface area (Å²) in [6, 6.07) is 2.27. The molecule has 1 rings (SSSR count). The van der Waals surface area contributed by atoms with Crippen molar-refractivity contribution in [2.45, 2.75) is 6.04 Å². The first-order valence-electron chi connectivity index (χ1n) is 3.99. The molecule has 0 unspecified atom stereocenters. The molecule has 0 aromatic heterocycles. The van der Waals surface area contributed by atoms with Crippen LogP contribution in [0.15, 0.2) is 16.6 Å². The van der Waals surface area contributed by atoms with E-state index in [1.54, 1.807) is 6.07 Å². The molecule has 0 bridgehead atoms. The molecule has 1 aromatic carbocycles. The number of ether oxygens (including phenoxy) is 1. The van der Waals surface area contributed by atoms with Crippen LogP contribution in [0.1, 0.15) is 11.6 Å².